The molecule has 0 spiro atoms. The molecule has 1 atom stereocenters. The fourth-order valence-electron chi connectivity index (χ4n) is 2.34. The first kappa shape index (κ1) is 8.75. The Balaban J connectivity index is 2.44. The fourth-order valence-corrected chi connectivity index (χ4v) is 2.34. The molecule has 0 saturated heterocycles. The van der Waals surface area contributed by atoms with Crippen molar-refractivity contribution in [2.75, 3.05) is 0 Å². The molecular weight excluding hydrogens is 162 g/mol. The summed E-state index contributed by atoms with van der Waals surface area (Å²) >= 11 is 0. The van der Waals surface area contributed by atoms with Gasteiger partial charge in [-0.2, -0.15) is 5.10 Å². The molecule has 0 fully saturated rings. The molecule has 0 amide bonds. The number of aromatic nitrogens is 2. The Labute approximate surface area is 78.7 Å². The second-order valence-electron chi connectivity index (χ2n) is 4.86. The maximum atomic E-state index is 6.11. The van der Waals surface area contributed by atoms with Gasteiger partial charge in [0.25, 0.3) is 0 Å². The van der Waals surface area contributed by atoms with E-state index in [0.717, 1.165) is 18.5 Å². The summed E-state index contributed by atoms with van der Waals surface area (Å²) in [6.45, 7) is 6.55. The van der Waals surface area contributed by atoms with Crippen LogP contribution in [0.1, 0.15) is 43.3 Å². The molecule has 0 aromatic carbocycles. The van der Waals surface area contributed by atoms with Gasteiger partial charge in [-0.15, -0.1) is 0 Å². The second kappa shape index (κ2) is 2.58. The highest BCUT2D eigenvalue weighted by Gasteiger charge is 2.33. The van der Waals surface area contributed by atoms with Gasteiger partial charge in [0, 0.05) is 17.3 Å². The predicted octanol–water partition coefficient (Wildman–Crippen LogP) is 1.69. The van der Waals surface area contributed by atoms with E-state index < -0.39 is 0 Å². The van der Waals surface area contributed by atoms with E-state index in [9.17, 15) is 0 Å². The molecule has 1 aliphatic carbocycles. The van der Waals surface area contributed by atoms with Gasteiger partial charge in [-0.3, -0.25) is 5.10 Å². The molecule has 0 radical (unpaired) electrons. The summed E-state index contributed by atoms with van der Waals surface area (Å²) in [4.78, 5) is 0. The van der Waals surface area contributed by atoms with Crippen molar-refractivity contribution in [2.45, 2.75) is 39.7 Å². The Bertz CT molecular complexity index is 325. The molecule has 2 rings (SSSR count). The molecule has 1 aromatic rings. The molecule has 1 aliphatic rings. The number of hydrogen-bond acceptors (Lipinski definition) is 2. The monoisotopic (exact) mass is 179 g/mol. The number of fused-ring (bicyclic) bond motifs is 1. The molecule has 13 heavy (non-hydrogen) atoms. The Morgan fingerprint density at radius 2 is 2.23 bits per heavy atom. The molecule has 1 aromatic heterocycles. The van der Waals surface area contributed by atoms with Crippen LogP contribution in [0.25, 0.3) is 0 Å². The van der Waals surface area contributed by atoms with Crippen molar-refractivity contribution in [1.29, 1.82) is 0 Å². The fraction of sp³-hybridized carbons (Fsp3) is 0.700. The van der Waals surface area contributed by atoms with Crippen LogP contribution in [-0.4, -0.2) is 10.2 Å². The van der Waals surface area contributed by atoms with Crippen LogP contribution >= 0.6 is 0 Å². The average molecular weight is 179 g/mol. The number of nitrogens with one attached hydrogen (secondary N) is 1. The van der Waals surface area contributed by atoms with Crippen LogP contribution in [0.5, 0.6) is 0 Å². The van der Waals surface area contributed by atoms with Crippen LogP contribution in [0.15, 0.2) is 0 Å². The van der Waals surface area contributed by atoms with E-state index in [0.29, 0.717) is 5.41 Å². The number of H-pyrrole nitrogens is 1. The maximum Gasteiger partial charge on any atom is 0.0677 e. The van der Waals surface area contributed by atoms with E-state index in [1.807, 2.05) is 6.92 Å². The summed E-state index contributed by atoms with van der Waals surface area (Å²) in [6, 6.07) is 0.164. The summed E-state index contributed by atoms with van der Waals surface area (Å²) in [5.41, 5.74) is 9.96. The van der Waals surface area contributed by atoms with E-state index in [4.69, 9.17) is 5.73 Å². The van der Waals surface area contributed by atoms with E-state index >= 15 is 0 Å². The highest BCUT2D eigenvalue weighted by atomic mass is 15.1. The van der Waals surface area contributed by atoms with Crippen molar-refractivity contribution >= 4 is 0 Å². The summed E-state index contributed by atoms with van der Waals surface area (Å²) in [7, 11) is 0. The molecule has 3 N–H and O–H groups in total. The van der Waals surface area contributed by atoms with Crippen LogP contribution in [-0.2, 0) is 6.42 Å². The Morgan fingerprint density at radius 1 is 1.54 bits per heavy atom. The minimum absolute atomic E-state index is 0.164. The molecule has 0 bridgehead atoms. The quantitative estimate of drug-likeness (QED) is 0.636. The number of nitrogens with two attached hydrogens (primary N) is 1. The van der Waals surface area contributed by atoms with E-state index in [2.05, 4.69) is 24.0 Å². The SMILES string of the molecule is Cc1[nH]nc2c1C(N)CC(C)(C)C2. The minimum atomic E-state index is 0.164. The van der Waals surface area contributed by atoms with Gasteiger partial charge in [0.2, 0.25) is 0 Å². The van der Waals surface area contributed by atoms with E-state index in [-0.39, 0.29) is 6.04 Å². The molecule has 3 heteroatoms. The molecule has 0 saturated carbocycles. The number of rotatable bonds is 0. The first-order chi connectivity index (χ1) is 5.99. The summed E-state index contributed by atoms with van der Waals surface area (Å²) in [5.74, 6) is 0. The van der Waals surface area contributed by atoms with Gasteiger partial charge in [-0.05, 0) is 25.2 Å². The lowest BCUT2D eigenvalue weighted by Crippen LogP contribution is -2.29. The lowest BCUT2D eigenvalue weighted by atomic mass is 9.74. The third-order valence-corrected chi connectivity index (χ3v) is 2.86. The lowest BCUT2D eigenvalue weighted by molar-refractivity contribution is 0.280. The second-order valence-corrected chi connectivity index (χ2v) is 4.86. The zero-order valence-corrected chi connectivity index (χ0v) is 8.52. The molecule has 0 aliphatic heterocycles. The van der Waals surface area contributed by atoms with Crippen LogP contribution in [0.3, 0.4) is 0 Å². The van der Waals surface area contributed by atoms with Gasteiger partial charge in [-0.25, -0.2) is 0 Å². The number of aromatic amines is 1. The first-order valence-corrected chi connectivity index (χ1v) is 4.79. The van der Waals surface area contributed by atoms with Gasteiger partial charge in [-0.1, -0.05) is 13.8 Å². The van der Waals surface area contributed by atoms with Gasteiger partial charge >= 0.3 is 0 Å². The standard InChI is InChI=1S/C10H17N3/c1-6-9-7(11)4-10(2,3)5-8(9)13-12-6/h7H,4-5,11H2,1-3H3,(H,12,13). The molecule has 1 unspecified atom stereocenters. The predicted molar refractivity (Wildman–Crippen MR) is 52.4 cm³/mol. The van der Waals surface area contributed by atoms with Crippen molar-refractivity contribution in [1.82, 2.24) is 10.2 Å². The summed E-state index contributed by atoms with van der Waals surface area (Å²) < 4.78 is 0. The van der Waals surface area contributed by atoms with E-state index in [1.54, 1.807) is 0 Å². The Morgan fingerprint density at radius 3 is 2.92 bits per heavy atom. The summed E-state index contributed by atoms with van der Waals surface area (Å²) in [5, 5.41) is 7.31. The van der Waals surface area contributed by atoms with Crippen LogP contribution in [0.2, 0.25) is 0 Å². The third-order valence-electron chi connectivity index (χ3n) is 2.86. The van der Waals surface area contributed by atoms with Crippen molar-refractivity contribution in [3.63, 3.8) is 0 Å². The number of hydrogen-bond donors (Lipinski definition) is 2. The van der Waals surface area contributed by atoms with E-state index in [1.165, 1.54) is 11.3 Å². The topological polar surface area (TPSA) is 54.7 Å². The summed E-state index contributed by atoms with van der Waals surface area (Å²) in [6.07, 6.45) is 2.10. The first-order valence-electron chi connectivity index (χ1n) is 4.79. The Kier molecular flexibility index (Phi) is 1.74. The van der Waals surface area contributed by atoms with Crippen LogP contribution in [0.4, 0.5) is 0 Å². The lowest BCUT2D eigenvalue weighted by Gasteiger charge is -2.32. The molecular formula is C10H17N3. The molecule has 72 valence electrons. The van der Waals surface area contributed by atoms with Crippen molar-refractivity contribution < 1.29 is 0 Å². The smallest absolute Gasteiger partial charge is 0.0677 e. The van der Waals surface area contributed by atoms with Gasteiger partial charge < -0.3 is 5.73 Å². The highest BCUT2D eigenvalue weighted by Crippen LogP contribution is 2.39. The average Bonchev–Trinajstić information content (AvgIpc) is 2.28. The van der Waals surface area contributed by atoms with Gasteiger partial charge in [0.15, 0.2) is 0 Å². The van der Waals surface area contributed by atoms with Gasteiger partial charge in [0.05, 0.1) is 5.69 Å². The van der Waals surface area contributed by atoms with Crippen molar-refractivity contribution in [3.8, 4) is 0 Å². The third kappa shape index (κ3) is 1.37. The molecule has 3 nitrogen and oxygen atoms in total. The molecule has 1 heterocycles. The zero-order chi connectivity index (χ0) is 9.64. The van der Waals surface area contributed by atoms with Crippen molar-refractivity contribution in [2.24, 2.45) is 11.1 Å². The van der Waals surface area contributed by atoms with Crippen LogP contribution in [0, 0.1) is 12.3 Å². The highest BCUT2D eigenvalue weighted by molar-refractivity contribution is 5.31. The maximum absolute atomic E-state index is 6.11. The normalized spacial score (nSPS) is 25.7. The minimum Gasteiger partial charge on any atom is -0.324 e. The van der Waals surface area contributed by atoms with Crippen molar-refractivity contribution in [3.05, 3.63) is 17.0 Å². The number of nitrogens with zero attached hydrogens (tertiary/aromatic N) is 1. The Hall–Kier alpha value is -0.830. The van der Waals surface area contributed by atoms with Gasteiger partial charge in [0.1, 0.15) is 0 Å². The zero-order valence-electron chi connectivity index (χ0n) is 8.52. The largest absolute Gasteiger partial charge is 0.324 e. The number of aryl methyl sites for hydroxylation is 1. The van der Waals surface area contributed by atoms with Crippen LogP contribution < -0.4 is 5.73 Å².